The first-order chi connectivity index (χ1) is 6.94. The van der Waals surface area contributed by atoms with Crippen molar-refractivity contribution in [3.8, 4) is 0 Å². The SMILES string of the molecule is CN(C)NC(=O)C(C)(C)C1CCOCC1. The number of nitrogens with one attached hydrogen (secondary N) is 1. The summed E-state index contributed by atoms with van der Waals surface area (Å²) in [5, 5.41) is 1.70. The highest BCUT2D eigenvalue weighted by molar-refractivity contribution is 5.81. The van der Waals surface area contributed by atoms with Crippen molar-refractivity contribution in [2.24, 2.45) is 11.3 Å². The molecule has 0 bridgehead atoms. The van der Waals surface area contributed by atoms with Crippen molar-refractivity contribution < 1.29 is 9.53 Å². The number of hydrogen-bond donors (Lipinski definition) is 1. The lowest BCUT2D eigenvalue weighted by molar-refractivity contribution is -0.138. The van der Waals surface area contributed by atoms with E-state index in [0.717, 1.165) is 26.1 Å². The van der Waals surface area contributed by atoms with E-state index >= 15 is 0 Å². The first kappa shape index (κ1) is 12.5. The standard InChI is InChI=1S/C11H22N2O2/c1-11(2,10(14)12-13(3)4)9-5-7-15-8-6-9/h9H,5-8H2,1-4H3,(H,12,14). The number of amides is 1. The molecule has 1 rings (SSSR count). The number of hydrogen-bond acceptors (Lipinski definition) is 3. The molecule has 1 heterocycles. The number of ether oxygens (including phenoxy) is 1. The van der Waals surface area contributed by atoms with Crippen LogP contribution in [0.1, 0.15) is 26.7 Å². The quantitative estimate of drug-likeness (QED) is 0.713. The van der Waals surface area contributed by atoms with Gasteiger partial charge in [-0.3, -0.25) is 10.2 Å². The summed E-state index contributed by atoms with van der Waals surface area (Å²) in [6, 6.07) is 0. The lowest BCUT2D eigenvalue weighted by atomic mass is 9.74. The number of hydrazine groups is 1. The number of rotatable bonds is 3. The maximum absolute atomic E-state index is 12.0. The van der Waals surface area contributed by atoms with Crippen LogP contribution in [0.3, 0.4) is 0 Å². The molecular formula is C11H22N2O2. The van der Waals surface area contributed by atoms with Gasteiger partial charge in [0, 0.05) is 32.7 Å². The Balaban J connectivity index is 2.58. The number of carbonyl (C=O) groups is 1. The topological polar surface area (TPSA) is 41.6 Å². The minimum absolute atomic E-state index is 0.0967. The molecule has 1 amide bonds. The van der Waals surface area contributed by atoms with Crippen molar-refractivity contribution in [2.45, 2.75) is 26.7 Å². The van der Waals surface area contributed by atoms with Crippen molar-refractivity contribution in [3.05, 3.63) is 0 Å². The van der Waals surface area contributed by atoms with Gasteiger partial charge in [-0.1, -0.05) is 13.8 Å². The molecule has 0 saturated carbocycles. The summed E-state index contributed by atoms with van der Waals surface area (Å²) in [7, 11) is 3.66. The molecule has 0 radical (unpaired) electrons. The van der Waals surface area contributed by atoms with Crippen LogP contribution in [0.15, 0.2) is 0 Å². The first-order valence-corrected chi connectivity index (χ1v) is 5.50. The zero-order valence-electron chi connectivity index (χ0n) is 10.2. The Morgan fingerprint density at radius 1 is 1.33 bits per heavy atom. The van der Waals surface area contributed by atoms with E-state index in [1.165, 1.54) is 0 Å². The Kier molecular flexibility index (Phi) is 4.11. The van der Waals surface area contributed by atoms with E-state index < -0.39 is 0 Å². The summed E-state index contributed by atoms with van der Waals surface area (Å²) < 4.78 is 5.31. The number of carbonyl (C=O) groups excluding carboxylic acids is 1. The molecule has 1 N–H and O–H groups in total. The van der Waals surface area contributed by atoms with E-state index in [9.17, 15) is 4.79 Å². The fourth-order valence-electron chi connectivity index (χ4n) is 1.95. The van der Waals surface area contributed by atoms with Crippen LogP contribution in [0, 0.1) is 11.3 Å². The second kappa shape index (κ2) is 4.94. The van der Waals surface area contributed by atoms with Gasteiger partial charge in [-0.15, -0.1) is 0 Å². The van der Waals surface area contributed by atoms with Crippen molar-refractivity contribution in [3.63, 3.8) is 0 Å². The lowest BCUT2D eigenvalue weighted by Gasteiger charge is -2.36. The van der Waals surface area contributed by atoms with E-state index in [-0.39, 0.29) is 11.3 Å². The van der Waals surface area contributed by atoms with Crippen LogP contribution in [-0.4, -0.2) is 38.2 Å². The van der Waals surface area contributed by atoms with Gasteiger partial charge >= 0.3 is 0 Å². The fourth-order valence-corrected chi connectivity index (χ4v) is 1.95. The van der Waals surface area contributed by atoms with Crippen molar-refractivity contribution >= 4 is 5.91 Å². The summed E-state index contributed by atoms with van der Waals surface area (Å²) in [6.45, 7) is 5.59. The van der Waals surface area contributed by atoms with Crippen LogP contribution in [0.2, 0.25) is 0 Å². The Labute approximate surface area is 91.9 Å². The predicted octanol–water partition coefficient (Wildman–Crippen LogP) is 1.03. The lowest BCUT2D eigenvalue weighted by Crippen LogP contribution is -2.48. The summed E-state index contributed by atoms with van der Waals surface area (Å²) >= 11 is 0. The molecule has 4 nitrogen and oxygen atoms in total. The van der Waals surface area contributed by atoms with Gasteiger partial charge in [0.15, 0.2) is 0 Å². The van der Waals surface area contributed by atoms with Crippen LogP contribution >= 0.6 is 0 Å². The molecule has 0 aromatic heterocycles. The second-order valence-corrected chi connectivity index (χ2v) is 4.94. The summed E-state index contributed by atoms with van der Waals surface area (Å²) in [5.74, 6) is 0.519. The van der Waals surface area contributed by atoms with Crippen LogP contribution in [0.5, 0.6) is 0 Å². The largest absolute Gasteiger partial charge is 0.381 e. The molecule has 4 heteroatoms. The minimum Gasteiger partial charge on any atom is -0.381 e. The molecule has 0 unspecified atom stereocenters. The van der Waals surface area contributed by atoms with Crippen LogP contribution in [-0.2, 0) is 9.53 Å². The van der Waals surface area contributed by atoms with Gasteiger partial charge in [0.25, 0.3) is 0 Å². The molecule has 15 heavy (non-hydrogen) atoms. The molecule has 88 valence electrons. The van der Waals surface area contributed by atoms with Gasteiger partial charge < -0.3 is 4.74 Å². The molecule has 1 aliphatic heterocycles. The Hall–Kier alpha value is -0.610. The van der Waals surface area contributed by atoms with E-state index in [1.54, 1.807) is 5.01 Å². The molecular weight excluding hydrogens is 192 g/mol. The maximum Gasteiger partial charge on any atom is 0.240 e. The van der Waals surface area contributed by atoms with Gasteiger partial charge in [0.1, 0.15) is 0 Å². The highest BCUT2D eigenvalue weighted by Gasteiger charge is 2.37. The van der Waals surface area contributed by atoms with Gasteiger partial charge in [0.2, 0.25) is 5.91 Å². The van der Waals surface area contributed by atoms with Gasteiger partial charge in [-0.25, -0.2) is 5.01 Å². The van der Waals surface area contributed by atoms with E-state index in [4.69, 9.17) is 4.74 Å². The summed E-state index contributed by atoms with van der Waals surface area (Å²) in [6.07, 6.45) is 1.96. The minimum atomic E-state index is -0.311. The third-order valence-electron chi connectivity index (χ3n) is 3.15. The Morgan fingerprint density at radius 3 is 2.33 bits per heavy atom. The van der Waals surface area contributed by atoms with Crippen LogP contribution in [0.4, 0.5) is 0 Å². The van der Waals surface area contributed by atoms with Crippen LogP contribution in [0.25, 0.3) is 0 Å². The molecule has 0 spiro atoms. The first-order valence-electron chi connectivity index (χ1n) is 5.50. The Morgan fingerprint density at radius 2 is 1.87 bits per heavy atom. The van der Waals surface area contributed by atoms with Gasteiger partial charge in [-0.05, 0) is 18.8 Å². The summed E-state index contributed by atoms with van der Waals surface area (Å²) in [4.78, 5) is 12.0. The highest BCUT2D eigenvalue weighted by Crippen LogP contribution is 2.34. The molecule has 0 atom stereocenters. The smallest absolute Gasteiger partial charge is 0.240 e. The second-order valence-electron chi connectivity index (χ2n) is 4.94. The van der Waals surface area contributed by atoms with Gasteiger partial charge in [0.05, 0.1) is 0 Å². The molecule has 0 aromatic carbocycles. The normalized spacial score (nSPS) is 19.3. The molecule has 1 aliphatic rings. The summed E-state index contributed by atoms with van der Waals surface area (Å²) in [5.41, 5.74) is 2.52. The maximum atomic E-state index is 12.0. The molecule has 0 aliphatic carbocycles. The fraction of sp³-hybridized carbons (Fsp3) is 0.909. The molecule has 0 aromatic rings. The average molecular weight is 214 g/mol. The van der Waals surface area contributed by atoms with Gasteiger partial charge in [-0.2, -0.15) is 0 Å². The van der Waals surface area contributed by atoms with Crippen molar-refractivity contribution in [2.75, 3.05) is 27.3 Å². The average Bonchev–Trinajstić information content (AvgIpc) is 2.18. The predicted molar refractivity (Wildman–Crippen MR) is 59.2 cm³/mol. The van der Waals surface area contributed by atoms with E-state index in [1.807, 2.05) is 27.9 Å². The zero-order chi connectivity index (χ0) is 11.5. The van der Waals surface area contributed by atoms with Crippen molar-refractivity contribution in [1.82, 2.24) is 10.4 Å². The Bertz CT molecular complexity index is 221. The molecule has 1 fully saturated rings. The van der Waals surface area contributed by atoms with E-state index in [0.29, 0.717) is 5.92 Å². The monoisotopic (exact) mass is 214 g/mol. The van der Waals surface area contributed by atoms with Crippen molar-refractivity contribution in [1.29, 1.82) is 0 Å². The third-order valence-corrected chi connectivity index (χ3v) is 3.15. The zero-order valence-corrected chi connectivity index (χ0v) is 10.2. The number of nitrogens with zero attached hydrogens (tertiary/aromatic N) is 1. The third kappa shape index (κ3) is 3.18. The van der Waals surface area contributed by atoms with E-state index in [2.05, 4.69) is 5.43 Å². The highest BCUT2D eigenvalue weighted by atomic mass is 16.5. The molecule has 1 saturated heterocycles. The van der Waals surface area contributed by atoms with Crippen LogP contribution < -0.4 is 5.43 Å².